The molecule has 3 rings (SSSR count). The van der Waals surface area contributed by atoms with Gasteiger partial charge in [0.1, 0.15) is 11.2 Å². The first-order chi connectivity index (χ1) is 13.4. The molecule has 0 fully saturated rings. The number of hydrogen-bond donors (Lipinski definition) is 1. The van der Waals surface area contributed by atoms with Gasteiger partial charge in [0.25, 0.3) is 0 Å². The molecular formula is C23H22ClFN2O. The van der Waals surface area contributed by atoms with E-state index in [0.717, 1.165) is 10.8 Å². The van der Waals surface area contributed by atoms with Crippen LogP contribution in [0.2, 0.25) is 0 Å². The number of carbonyl (C=O) groups excluding carboxylic acids is 1. The highest BCUT2D eigenvalue weighted by atomic mass is 35.5. The molecule has 1 aliphatic heterocycles. The first-order valence-electron chi connectivity index (χ1n) is 9.15. The second kappa shape index (κ2) is 8.98. The minimum Gasteiger partial charge on any atom is -0.327 e. The van der Waals surface area contributed by atoms with Crippen molar-refractivity contribution in [3.05, 3.63) is 93.5 Å². The number of amides is 1. The molecule has 2 aromatic rings. The summed E-state index contributed by atoms with van der Waals surface area (Å²) in [5, 5.41) is 4.45. The molecule has 1 amide bonds. The molecule has 5 heteroatoms. The van der Waals surface area contributed by atoms with Crippen molar-refractivity contribution < 1.29 is 9.18 Å². The molecule has 2 aromatic carbocycles. The maximum Gasteiger partial charge on any atom is 0.228 e. The molecule has 1 unspecified atom stereocenters. The Balaban J connectivity index is 1.84. The fourth-order valence-electron chi connectivity index (χ4n) is 3.23. The van der Waals surface area contributed by atoms with Crippen molar-refractivity contribution in [1.82, 2.24) is 5.32 Å². The third-order valence-corrected chi connectivity index (χ3v) is 4.85. The average molecular weight is 397 g/mol. The molecule has 0 bridgehead atoms. The third kappa shape index (κ3) is 4.96. The van der Waals surface area contributed by atoms with Crippen LogP contribution in [0.25, 0.3) is 6.08 Å². The number of allylic oxidation sites excluding steroid dienone is 3. The van der Waals surface area contributed by atoms with Gasteiger partial charge in [0, 0.05) is 23.1 Å². The SMILES string of the molecule is C=C(Cl)CC(Cc1ccccc1)C(=O)NC1=C(C)N=c2c(F)cccc2=CC1. The van der Waals surface area contributed by atoms with Crippen molar-refractivity contribution in [3.63, 3.8) is 0 Å². The van der Waals surface area contributed by atoms with Crippen molar-refractivity contribution >= 4 is 23.6 Å². The van der Waals surface area contributed by atoms with Crippen LogP contribution in [0, 0.1) is 11.7 Å². The lowest BCUT2D eigenvalue weighted by atomic mass is 9.95. The third-order valence-electron chi connectivity index (χ3n) is 4.70. The van der Waals surface area contributed by atoms with Crippen molar-refractivity contribution in [2.24, 2.45) is 10.9 Å². The summed E-state index contributed by atoms with van der Waals surface area (Å²) in [6.45, 7) is 5.52. The van der Waals surface area contributed by atoms with Gasteiger partial charge in [-0.15, -0.1) is 0 Å². The monoisotopic (exact) mass is 396 g/mol. The Morgan fingerprint density at radius 3 is 2.71 bits per heavy atom. The minimum absolute atomic E-state index is 0.143. The van der Waals surface area contributed by atoms with Gasteiger partial charge >= 0.3 is 0 Å². The van der Waals surface area contributed by atoms with E-state index in [-0.39, 0.29) is 17.6 Å². The van der Waals surface area contributed by atoms with Gasteiger partial charge in [0.2, 0.25) is 5.91 Å². The number of para-hydroxylation sites is 1. The summed E-state index contributed by atoms with van der Waals surface area (Å²) >= 11 is 6.01. The Hall–Kier alpha value is -2.72. The Kier molecular flexibility index (Phi) is 6.42. The molecule has 1 heterocycles. The lowest BCUT2D eigenvalue weighted by molar-refractivity contribution is -0.124. The summed E-state index contributed by atoms with van der Waals surface area (Å²) < 4.78 is 14.1. The molecule has 0 saturated carbocycles. The second-order valence-corrected chi connectivity index (χ2v) is 7.39. The fourth-order valence-corrected chi connectivity index (χ4v) is 3.41. The van der Waals surface area contributed by atoms with E-state index < -0.39 is 0 Å². The summed E-state index contributed by atoms with van der Waals surface area (Å²) in [5.41, 5.74) is 2.31. The number of benzene rings is 2. The largest absolute Gasteiger partial charge is 0.327 e. The molecule has 0 aromatic heterocycles. The summed E-state index contributed by atoms with van der Waals surface area (Å²) in [4.78, 5) is 17.4. The quantitative estimate of drug-likeness (QED) is 0.788. The van der Waals surface area contributed by atoms with Crippen LogP contribution in [0.3, 0.4) is 0 Å². The molecule has 144 valence electrons. The Bertz CT molecular complexity index is 1040. The molecule has 1 aliphatic rings. The maximum atomic E-state index is 14.1. The number of rotatable bonds is 6. The lowest BCUT2D eigenvalue weighted by Gasteiger charge is -2.18. The van der Waals surface area contributed by atoms with Crippen LogP contribution >= 0.6 is 11.6 Å². The Morgan fingerprint density at radius 1 is 1.25 bits per heavy atom. The first-order valence-corrected chi connectivity index (χ1v) is 9.53. The average Bonchev–Trinajstić information content (AvgIpc) is 2.82. The van der Waals surface area contributed by atoms with E-state index >= 15 is 0 Å². The summed E-state index contributed by atoms with van der Waals surface area (Å²) in [6.07, 6.45) is 3.28. The maximum absolute atomic E-state index is 14.1. The van der Waals surface area contributed by atoms with Gasteiger partial charge in [0.05, 0.1) is 5.70 Å². The van der Waals surface area contributed by atoms with E-state index in [1.165, 1.54) is 6.07 Å². The van der Waals surface area contributed by atoms with Gasteiger partial charge in [0.15, 0.2) is 0 Å². The zero-order chi connectivity index (χ0) is 20.1. The molecule has 28 heavy (non-hydrogen) atoms. The van der Waals surface area contributed by atoms with Crippen LogP contribution in [0.5, 0.6) is 0 Å². The fraction of sp³-hybridized carbons (Fsp3) is 0.217. The zero-order valence-corrected chi connectivity index (χ0v) is 16.5. The molecule has 1 N–H and O–H groups in total. The van der Waals surface area contributed by atoms with Crippen LogP contribution in [0.1, 0.15) is 25.3 Å². The Labute approximate surface area is 169 Å². The van der Waals surface area contributed by atoms with Gasteiger partial charge in [-0.3, -0.25) is 4.79 Å². The van der Waals surface area contributed by atoms with Crippen molar-refractivity contribution in [1.29, 1.82) is 0 Å². The summed E-state index contributed by atoms with van der Waals surface area (Å²) in [7, 11) is 0. The number of hydrogen-bond acceptors (Lipinski definition) is 2. The van der Waals surface area contributed by atoms with Gasteiger partial charge < -0.3 is 5.32 Å². The number of halogens is 2. The van der Waals surface area contributed by atoms with E-state index in [1.54, 1.807) is 13.0 Å². The van der Waals surface area contributed by atoms with E-state index in [4.69, 9.17) is 11.6 Å². The molecule has 0 spiro atoms. The van der Waals surface area contributed by atoms with E-state index in [0.29, 0.717) is 41.0 Å². The van der Waals surface area contributed by atoms with Gasteiger partial charge in [-0.2, -0.15) is 0 Å². The van der Waals surface area contributed by atoms with Gasteiger partial charge in [-0.05, 0) is 36.6 Å². The predicted octanol–water partition coefficient (Wildman–Crippen LogP) is 3.98. The van der Waals surface area contributed by atoms with Gasteiger partial charge in [-0.25, -0.2) is 9.38 Å². The van der Waals surface area contributed by atoms with Crippen LogP contribution in [0.4, 0.5) is 4.39 Å². The Morgan fingerprint density at radius 2 is 2.00 bits per heavy atom. The minimum atomic E-state index is -0.374. The molecule has 3 nitrogen and oxygen atoms in total. The van der Waals surface area contributed by atoms with Crippen molar-refractivity contribution in [2.75, 3.05) is 0 Å². The van der Waals surface area contributed by atoms with E-state index in [1.807, 2.05) is 42.5 Å². The number of carbonyl (C=O) groups is 1. The van der Waals surface area contributed by atoms with E-state index in [9.17, 15) is 9.18 Å². The smallest absolute Gasteiger partial charge is 0.228 e. The number of nitrogens with zero attached hydrogens (tertiary/aromatic N) is 1. The topological polar surface area (TPSA) is 41.5 Å². The van der Waals surface area contributed by atoms with Crippen LogP contribution in [-0.4, -0.2) is 5.91 Å². The first kappa shape index (κ1) is 20.0. The van der Waals surface area contributed by atoms with Crippen molar-refractivity contribution in [2.45, 2.75) is 26.2 Å². The molecule has 0 saturated heterocycles. The second-order valence-electron chi connectivity index (χ2n) is 6.86. The van der Waals surface area contributed by atoms with Crippen LogP contribution < -0.4 is 15.9 Å². The van der Waals surface area contributed by atoms with Crippen LogP contribution in [0.15, 0.2) is 76.5 Å². The highest BCUT2D eigenvalue weighted by Crippen LogP contribution is 2.20. The zero-order valence-electron chi connectivity index (χ0n) is 15.7. The standard InChI is InChI=1S/C23H22ClFN2O/c1-15(24)13-19(14-17-7-4-3-5-8-17)23(28)27-21-12-11-18-9-6-10-20(25)22(18)26-16(21)2/h3-11,19H,1,12-14H2,2H3,(H,27,28). The highest BCUT2D eigenvalue weighted by Gasteiger charge is 2.21. The van der Waals surface area contributed by atoms with Gasteiger partial charge in [-0.1, -0.05) is 66.7 Å². The molecular weight excluding hydrogens is 375 g/mol. The molecule has 1 atom stereocenters. The summed E-state index contributed by atoms with van der Waals surface area (Å²) in [5.74, 6) is -0.869. The van der Waals surface area contributed by atoms with E-state index in [2.05, 4.69) is 16.9 Å². The molecule has 0 aliphatic carbocycles. The normalized spacial score (nSPS) is 14.2. The van der Waals surface area contributed by atoms with Crippen LogP contribution in [-0.2, 0) is 11.2 Å². The van der Waals surface area contributed by atoms with Crippen molar-refractivity contribution in [3.8, 4) is 0 Å². The summed E-state index contributed by atoms with van der Waals surface area (Å²) in [6, 6.07) is 14.6. The molecule has 0 radical (unpaired) electrons. The predicted molar refractivity (Wildman–Crippen MR) is 110 cm³/mol. The lowest BCUT2D eigenvalue weighted by Crippen LogP contribution is -2.32. The number of fused-ring (bicyclic) bond motifs is 1. The highest BCUT2D eigenvalue weighted by molar-refractivity contribution is 6.29. The number of nitrogens with one attached hydrogen (secondary N) is 1.